The van der Waals surface area contributed by atoms with Crippen LogP contribution in [0.1, 0.15) is 0 Å². The lowest BCUT2D eigenvalue weighted by Gasteiger charge is -2.23. The van der Waals surface area contributed by atoms with Crippen molar-refractivity contribution >= 4 is 6.09 Å². The molecule has 1 atom stereocenters. The van der Waals surface area contributed by atoms with Gasteiger partial charge in [0.1, 0.15) is 6.61 Å². The van der Waals surface area contributed by atoms with E-state index in [9.17, 15) is 4.79 Å². The van der Waals surface area contributed by atoms with Crippen LogP contribution in [-0.4, -0.2) is 45.5 Å². The topological polar surface area (TPSA) is 59.6 Å². The van der Waals surface area contributed by atoms with Crippen LogP contribution in [0.15, 0.2) is 0 Å². The first-order chi connectivity index (χ1) is 5.83. The number of carbonyl (C=O) groups is 1. The predicted molar refractivity (Wildman–Crippen MR) is 43.0 cm³/mol. The fraction of sp³-hybridized carbons (Fsp3) is 0.857. The molecule has 2 N–H and O–H groups in total. The van der Waals surface area contributed by atoms with Gasteiger partial charge < -0.3 is 20.1 Å². The van der Waals surface area contributed by atoms with Gasteiger partial charge in [-0.25, -0.2) is 4.79 Å². The van der Waals surface area contributed by atoms with E-state index in [1.54, 1.807) is 0 Å². The molecule has 0 unspecified atom stereocenters. The largest absolute Gasteiger partial charge is 0.448 e. The molecule has 0 aliphatic carbocycles. The SMILES string of the molecule is CNC(=O)OC[C@@H]1COCCN1. The zero-order chi connectivity index (χ0) is 8.81. The predicted octanol–water partition coefficient (Wildman–Crippen LogP) is -0.669. The highest BCUT2D eigenvalue weighted by Gasteiger charge is 2.14. The molecule has 1 amide bonds. The second-order valence-electron chi connectivity index (χ2n) is 2.57. The number of hydrogen-bond donors (Lipinski definition) is 2. The second-order valence-corrected chi connectivity index (χ2v) is 2.57. The highest BCUT2D eigenvalue weighted by molar-refractivity contribution is 5.66. The number of hydrogen-bond acceptors (Lipinski definition) is 4. The van der Waals surface area contributed by atoms with Crippen LogP contribution in [0.3, 0.4) is 0 Å². The first kappa shape index (κ1) is 9.28. The minimum Gasteiger partial charge on any atom is -0.448 e. The van der Waals surface area contributed by atoms with Crippen molar-refractivity contribution in [2.24, 2.45) is 0 Å². The lowest BCUT2D eigenvalue weighted by Crippen LogP contribution is -2.45. The highest BCUT2D eigenvalue weighted by atomic mass is 16.6. The van der Waals surface area contributed by atoms with Gasteiger partial charge in [-0.2, -0.15) is 0 Å². The summed E-state index contributed by atoms with van der Waals surface area (Å²) >= 11 is 0. The summed E-state index contributed by atoms with van der Waals surface area (Å²) in [7, 11) is 1.53. The van der Waals surface area contributed by atoms with Crippen LogP contribution < -0.4 is 10.6 Å². The number of alkyl carbamates (subject to hydrolysis) is 1. The van der Waals surface area contributed by atoms with Gasteiger partial charge in [0.05, 0.1) is 19.3 Å². The van der Waals surface area contributed by atoms with E-state index in [0.29, 0.717) is 13.2 Å². The molecule has 0 bridgehead atoms. The number of nitrogens with one attached hydrogen (secondary N) is 2. The quantitative estimate of drug-likeness (QED) is 0.583. The van der Waals surface area contributed by atoms with Crippen molar-refractivity contribution in [1.82, 2.24) is 10.6 Å². The van der Waals surface area contributed by atoms with Crippen LogP contribution in [0, 0.1) is 0 Å². The molecule has 1 aliphatic heterocycles. The normalized spacial score (nSPS) is 23.2. The number of morpholine rings is 1. The summed E-state index contributed by atoms with van der Waals surface area (Å²) in [6, 6.07) is 0.135. The Hall–Kier alpha value is -0.810. The molecule has 0 saturated carbocycles. The molecule has 1 saturated heterocycles. The molecule has 0 aromatic heterocycles. The number of amides is 1. The minimum absolute atomic E-state index is 0.135. The van der Waals surface area contributed by atoms with Gasteiger partial charge in [0.25, 0.3) is 0 Å². The Labute approximate surface area is 71.4 Å². The summed E-state index contributed by atoms with van der Waals surface area (Å²) in [6.45, 7) is 2.52. The Kier molecular flexibility index (Phi) is 3.83. The summed E-state index contributed by atoms with van der Waals surface area (Å²) in [5, 5.41) is 5.54. The van der Waals surface area contributed by atoms with Gasteiger partial charge in [0.15, 0.2) is 0 Å². The third kappa shape index (κ3) is 3.06. The molecular weight excluding hydrogens is 160 g/mol. The zero-order valence-corrected chi connectivity index (χ0v) is 7.13. The standard InChI is InChI=1S/C7H14N2O3/c1-8-7(10)12-5-6-4-11-3-2-9-6/h6,9H,2-5H2,1H3,(H,8,10)/t6-/m0/s1. The maximum Gasteiger partial charge on any atom is 0.406 e. The van der Waals surface area contributed by atoms with Crippen LogP contribution >= 0.6 is 0 Å². The second kappa shape index (κ2) is 4.95. The summed E-state index contributed by atoms with van der Waals surface area (Å²) in [6.07, 6.45) is -0.401. The molecule has 5 heteroatoms. The molecule has 1 rings (SSSR count). The average Bonchev–Trinajstić information content (AvgIpc) is 2.16. The Morgan fingerprint density at radius 2 is 2.67 bits per heavy atom. The van der Waals surface area contributed by atoms with Crippen LogP contribution in [0.5, 0.6) is 0 Å². The third-order valence-electron chi connectivity index (χ3n) is 1.62. The van der Waals surface area contributed by atoms with Crippen molar-refractivity contribution in [2.75, 3.05) is 33.4 Å². The van der Waals surface area contributed by atoms with Gasteiger partial charge >= 0.3 is 6.09 Å². The van der Waals surface area contributed by atoms with E-state index in [2.05, 4.69) is 10.6 Å². The molecule has 1 fully saturated rings. The van der Waals surface area contributed by atoms with E-state index in [1.807, 2.05) is 0 Å². The van der Waals surface area contributed by atoms with Gasteiger partial charge in [-0.05, 0) is 0 Å². The summed E-state index contributed by atoms with van der Waals surface area (Å²) < 4.78 is 10.0. The molecule has 0 spiro atoms. The van der Waals surface area contributed by atoms with E-state index in [-0.39, 0.29) is 6.04 Å². The molecule has 5 nitrogen and oxygen atoms in total. The molecular formula is C7H14N2O3. The minimum atomic E-state index is -0.401. The van der Waals surface area contributed by atoms with Crippen LogP contribution in [0.2, 0.25) is 0 Å². The number of carbonyl (C=O) groups excluding carboxylic acids is 1. The Morgan fingerprint density at radius 3 is 3.25 bits per heavy atom. The molecule has 0 radical (unpaired) electrons. The van der Waals surface area contributed by atoms with Gasteiger partial charge in [-0.1, -0.05) is 0 Å². The smallest absolute Gasteiger partial charge is 0.406 e. The molecule has 1 heterocycles. The first-order valence-corrected chi connectivity index (χ1v) is 3.98. The van der Waals surface area contributed by atoms with Crippen LogP contribution in [0.4, 0.5) is 4.79 Å². The number of rotatable bonds is 2. The monoisotopic (exact) mass is 174 g/mol. The molecule has 1 aliphatic rings. The van der Waals surface area contributed by atoms with E-state index in [0.717, 1.165) is 13.2 Å². The van der Waals surface area contributed by atoms with Gasteiger partial charge in [0.2, 0.25) is 0 Å². The molecule has 12 heavy (non-hydrogen) atoms. The Morgan fingerprint density at radius 1 is 1.83 bits per heavy atom. The summed E-state index contributed by atoms with van der Waals surface area (Å²) in [5.41, 5.74) is 0. The summed E-state index contributed by atoms with van der Waals surface area (Å²) in [4.78, 5) is 10.7. The van der Waals surface area contributed by atoms with Crippen molar-refractivity contribution in [3.8, 4) is 0 Å². The number of ether oxygens (including phenoxy) is 2. The maximum atomic E-state index is 10.7. The van der Waals surface area contributed by atoms with Gasteiger partial charge in [-0.3, -0.25) is 0 Å². The van der Waals surface area contributed by atoms with E-state index < -0.39 is 6.09 Å². The Balaban J connectivity index is 2.09. The van der Waals surface area contributed by atoms with Crippen LogP contribution in [-0.2, 0) is 9.47 Å². The lowest BCUT2D eigenvalue weighted by molar-refractivity contribution is 0.0471. The van der Waals surface area contributed by atoms with Crippen LogP contribution in [0.25, 0.3) is 0 Å². The van der Waals surface area contributed by atoms with Gasteiger partial charge in [0, 0.05) is 13.6 Å². The van der Waals surface area contributed by atoms with Crippen molar-refractivity contribution in [3.63, 3.8) is 0 Å². The molecule has 70 valence electrons. The lowest BCUT2D eigenvalue weighted by atomic mass is 10.3. The Bertz CT molecular complexity index is 146. The van der Waals surface area contributed by atoms with Gasteiger partial charge in [-0.15, -0.1) is 0 Å². The zero-order valence-electron chi connectivity index (χ0n) is 7.13. The molecule has 0 aromatic carbocycles. The van der Waals surface area contributed by atoms with Crippen molar-refractivity contribution in [1.29, 1.82) is 0 Å². The van der Waals surface area contributed by atoms with Crippen molar-refractivity contribution < 1.29 is 14.3 Å². The average molecular weight is 174 g/mol. The molecule has 0 aromatic rings. The summed E-state index contributed by atoms with van der Waals surface area (Å²) in [5.74, 6) is 0. The maximum absolute atomic E-state index is 10.7. The first-order valence-electron chi connectivity index (χ1n) is 3.98. The van der Waals surface area contributed by atoms with E-state index >= 15 is 0 Å². The van der Waals surface area contributed by atoms with E-state index in [4.69, 9.17) is 9.47 Å². The van der Waals surface area contributed by atoms with E-state index in [1.165, 1.54) is 7.05 Å². The fourth-order valence-electron chi connectivity index (χ4n) is 0.975. The van der Waals surface area contributed by atoms with Crippen molar-refractivity contribution in [2.45, 2.75) is 6.04 Å². The third-order valence-corrected chi connectivity index (χ3v) is 1.62. The van der Waals surface area contributed by atoms with Crippen molar-refractivity contribution in [3.05, 3.63) is 0 Å². The fourth-order valence-corrected chi connectivity index (χ4v) is 0.975. The highest BCUT2D eigenvalue weighted by Crippen LogP contribution is 1.93.